The molecule has 0 radical (unpaired) electrons. The molecular weight excluding hydrogens is 398 g/mol. The molecule has 0 saturated carbocycles. The summed E-state index contributed by atoms with van der Waals surface area (Å²) in [5.74, 6) is 2.36. The first-order valence-electron chi connectivity index (χ1n) is 10.5. The Hall–Kier alpha value is -2.74. The number of benzene rings is 3. The van der Waals surface area contributed by atoms with E-state index in [-0.39, 0.29) is 10.7 Å². The number of aliphatic hydroxyl groups is 1. The van der Waals surface area contributed by atoms with Crippen molar-refractivity contribution in [2.75, 3.05) is 35.0 Å². The minimum Gasteiger partial charge on any atom is -0.632 e. The van der Waals surface area contributed by atoms with Crippen molar-refractivity contribution in [1.29, 1.82) is 0 Å². The molecule has 0 spiro atoms. The van der Waals surface area contributed by atoms with E-state index in [2.05, 4.69) is 0 Å². The highest BCUT2D eigenvalue weighted by molar-refractivity contribution is 6.15. The molecule has 0 bridgehead atoms. The second kappa shape index (κ2) is 7.15. The molecule has 1 N–H and O–H groups in total. The number of quaternary nitrogens is 1. The van der Waals surface area contributed by atoms with Gasteiger partial charge in [0.2, 0.25) is 0 Å². The largest absolute Gasteiger partial charge is 0.632 e. The standard InChI is InChI=1S/C24H27NO6/c1-28-18-8-7-13-21-16(12-25(27)9-5-6-17(25)23(21)26)14-10-19(29-2)20(30-3)11-15(14)22(13)24(18)31-4/h7-8,10-11,17,23,26H,5-6,9,12H2,1-4H3/t17-,23+,25?/m0/s1. The van der Waals surface area contributed by atoms with Crippen LogP contribution in [0.4, 0.5) is 0 Å². The van der Waals surface area contributed by atoms with E-state index in [1.807, 2.05) is 24.3 Å². The minimum absolute atomic E-state index is 0.327. The first-order valence-corrected chi connectivity index (χ1v) is 10.5. The summed E-state index contributed by atoms with van der Waals surface area (Å²) in [5, 5.41) is 28.5. The number of hydrogen-bond donors (Lipinski definition) is 1. The molecule has 0 aromatic heterocycles. The first kappa shape index (κ1) is 20.2. The van der Waals surface area contributed by atoms with Crippen LogP contribution in [0.3, 0.4) is 0 Å². The van der Waals surface area contributed by atoms with Crippen molar-refractivity contribution in [3.8, 4) is 23.0 Å². The van der Waals surface area contributed by atoms with Gasteiger partial charge in [0.15, 0.2) is 23.0 Å². The smallest absolute Gasteiger partial charge is 0.169 e. The van der Waals surface area contributed by atoms with Crippen LogP contribution in [0.2, 0.25) is 0 Å². The van der Waals surface area contributed by atoms with Crippen LogP contribution in [0.1, 0.15) is 30.1 Å². The Kier molecular flexibility index (Phi) is 4.66. The summed E-state index contributed by atoms with van der Waals surface area (Å²) in [7, 11) is 6.40. The highest BCUT2D eigenvalue weighted by Crippen LogP contribution is 2.52. The summed E-state index contributed by atoms with van der Waals surface area (Å²) in [4.78, 5) is 0. The lowest BCUT2D eigenvalue weighted by molar-refractivity contribution is -0.912. The van der Waals surface area contributed by atoms with Crippen LogP contribution < -0.4 is 18.9 Å². The Labute approximate surface area is 180 Å². The van der Waals surface area contributed by atoms with Crippen LogP contribution in [0.5, 0.6) is 23.0 Å². The van der Waals surface area contributed by atoms with Crippen LogP contribution in [0, 0.1) is 5.21 Å². The fraction of sp³-hybridized carbons (Fsp3) is 0.417. The fourth-order valence-corrected chi connectivity index (χ4v) is 5.61. The lowest BCUT2D eigenvalue weighted by Crippen LogP contribution is -2.51. The molecule has 2 aliphatic rings. The van der Waals surface area contributed by atoms with E-state index in [1.165, 1.54) is 0 Å². The van der Waals surface area contributed by atoms with Gasteiger partial charge in [-0.3, -0.25) is 0 Å². The molecule has 0 aliphatic carbocycles. The third-order valence-corrected chi connectivity index (χ3v) is 7.01. The van der Waals surface area contributed by atoms with Crippen molar-refractivity contribution in [3.63, 3.8) is 0 Å². The third-order valence-electron chi connectivity index (χ3n) is 7.01. The predicted octanol–water partition coefficient (Wildman–Crippen LogP) is 4.05. The van der Waals surface area contributed by atoms with E-state index >= 15 is 0 Å². The molecule has 7 heteroatoms. The van der Waals surface area contributed by atoms with E-state index in [0.29, 0.717) is 36.1 Å². The monoisotopic (exact) mass is 425 g/mol. The topological polar surface area (TPSA) is 80.2 Å². The van der Waals surface area contributed by atoms with Gasteiger partial charge in [-0.2, -0.15) is 0 Å². The van der Waals surface area contributed by atoms with Gasteiger partial charge < -0.3 is 33.9 Å². The maximum absolute atomic E-state index is 13.6. The zero-order valence-corrected chi connectivity index (χ0v) is 18.2. The van der Waals surface area contributed by atoms with Gasteiger partial charge >= 0.3 is 0 Å². The Morgan fingerprint density at radius 2 is 1.58 bits per heavy atom. The van der Waals surface area contributed by atoms with Crippen molar-refractivity contribution >= 4 is 21.5 Å². The number of methoxy groups -OCH3 is 4. The molecule has 5 rings (SSSR count). The Morgan fingerprint density at radius 1 is 0.903 bits per heavy atom. The molecule has 0 amide bonds. The number of rotatable bonds is 4. The number of fused-ring (bicyclic) bond motifs is 7. The highest BCUT2D eigenvalue weighted by Gasteiger charge is 2.46. The molecule has 7 nitrogen and oxygen atoms in total. The average molecular weight is 425 g/mol. The summed E-state index contributed by atoms with van der Waals surface area (Å²) >= 11 is 0. The summed E-state index contributed by atoms with van der Waals surface area (Å²) in [5.41, 5.74) is 1.68. The van der Waals surface area contributed by atoms with Gasteiger partial charge in [-0.1, -0.05) is 6.07 Å². The van der Waals surface area contributed by atoms with Crippen LogP contribution in [0.15, 0.2) is 24.3 Å². The molecule has 3 atom stereocenters. The Balaban J connectivity index is 1.98. The van der Waals surface area contributed by atoms with Crippen molar-refractivity contribution in [1.82, 2.24) is 0 Å². The lowest BCUT2D eigenvalue weighted by atomic mass is 9.83. The lowest BCUT2D eigenvalue weighted by Gasteiger charge is -2.50. The summed E-state index contributed by atoms with van der Waals surface area (Å²) < 4.78 is 22.1. The van der Waals surface area contributed by atoms with E-state index in [1.54, 1.807) is 28.4 Å². The molecule has 1 saturated heterocycles. The average Bonchev–Trinajstić information content (AvgIpc) is 3.18. The van der Waals surface area contributed by atoms with Gasteiger partial charge in [0.05, 0.1) is 35.0 Å². The number of ether oxygens (including phenoxy) is 4. The third kappa shape index (κ3) is 2.70. The second-order valence-electron chi connectivity index (χ2n) is 8.36. The number of aliphatic hydroxyl groups excluding tert-OH is 1. The van der Waals surface area contributed by atoms with Crippen LogP contribution in [0.25, 0.3) is 21.5 Å². The van der Waals surface area contributed by atoms with Gasteiger partial charge in [0.25, 0.3) is 0 Å². The first-order chi connectivity index (χ1) is 15.0. The molecule has 3 aromatic rings. The second-order valence-corrected chi connectivity index (χ2v) is 8.36. The van der Waals surface area contributed by atoms with Crippen LogP contribution in [-0.2, 0) is 6.54 Å². The van der Waals surface area contributed by atoms with Crippen molar-refractivity contribution in [2.45, 2.75) is 31.5 Å². The van der Waals surface area contributed by atoms with E-state index < -0.39 is 6.10 Å². The maximum atomic E-state index is 13.6. The van der Waals surface area contributed by atoms with E-state index in [0.717, 1.165) is 45.5 Å². The van der Waals surface area contributed by atoms with Gasteiger partial charge in [0.1, 0.15) is 18.7 Å². The number of hydroxylamine groups is 3. The maximum Gasteiger partial charge on any atom is 0.169 e. The molecule has 2 aliphatic heterocycles. The molecule has 31 heavy (non-hydrogen) atoms. The molecule has 1 fully saturated rings. The molecule has 3 aromatic carbocycles. The number of hydrogen-bond acceptors (Lipinski definition) is 6. The van der Waals surface area contributed by atoms with Crippen molar-refractivity contribution < 1.29 is 28.7 Å². The normalized spacial score (nSPS) is 24.7. The highest BCUT2D eigenvalue weighted by atomic mass is 16.6. The fourth-order valence-electron chi connectivity index (χ4n) is 5.61. The van der Waals surface area contributed by atoms with E-state index in [9.17, 15) is 10.3 Å². The molecule has 1 unspecified atom stereocenters. The SMILES string of the molecule is COc1cc2c3c(c4ccc(OC)c(OC)c4c2cc1OC)[C@H](O)[C@@H]1CCC[N+]1([O-])C3. The summed E-state index contributed by atoms with van der Waals surface area (Å²) in [6.07, 6.45) is 0.702. The minimum atomic E-state index is -0.846. The van der Waals surface area contributed by atoms with Crippen LogP contribution >= 0.6 is 0 Å². The molecular formula is C24H27NO6. The zero-order valence-electron chi connectivity index (χ0n) is 18.2. The Bertz CT molecular complexity index is 1190. The van der Waals surface area contributed by atoms with Crippen molar-refractivity contribution in [2.24, 2.45) is 0 Å². The van der Waals surface area contributed by atoms with Crippen molar-refractivity contribution in [3.05, 3.63) is 40.6 Å². The predicted molar refractivity (Wildman–Crippen MR) is 118 cm³/mol. The number of nitrogens with zero attached hydrogens (tertiary/aromatic N) is 1. The zero-order chi connectivity index (χ0) is 21.9. The van der Waals surface area contributed by atoms with E-state index in [4.69, 9.17) is 18.9 Å². The summed E-state index contributed by atoms with van der Waals surface area (Å²) in [6.45, 7) is 0.854. The van der Waals surface area contributed by atoms with Gasteiger partial charge in [0, 0.05) is 29.4 Å². The quantitative estimate of drug-likeness (QED) is 0.386. The summed E-state index contributed by atoms with van der Waals surface area (Å²) in [6, 6.07) is 7.27. The van der Waals surface area contributed by atoms with Gasteiger partial charge in [-0.15, -0.1) is 0 Å². The molecule has 2 heterocycles. The Morgan fingerprint density at radius 3 is 2.23 bits per heavy atom. The van der Waals surface area contributed by atoms with Crippen LogP contribution in [-0.4, -0.2) is 50.8 Å². The van der Waals surface area contributed by atoms with Gasteiger partial charge in [-0.25, -0.2) is 0 Å². The van der Waals surface area contributed by atoms with Gasteiger partial charge in [-0.05, 0) is 34.4 Å². The molecule has 164 valence electrons.